The highest BCUT2D eigenvalue weighted by Gasteiger charge is 2.17. The zero-order chi connectivity index (χ0) is 15.5. The monoisotopic (exact) mass is 361 g/mol. The van der Waals surface area contributed by atoms with Crippen molar-refractivity contribution in [2.45, 2.75) is 12.3 Å². The predicted octanol–water partition coefficient (Wildman–Crippen LogP) is 4.18. The second kappa shape index (κ2) is 6.46. The van der Waals surface area contributed by atoms with E-state index in [0.717, 1.165) is 29.7 Å². The van der Waals surface area contributed by atoms with Crippen molar-refractivity contribution >= 4 is 33.0 Å². The van der Waals surface area contributed by atoms with Crippen molar-refractivity contribution in [1.29, 1.82) is 0 Å². The highest BCUT2D eigenvalue weighted by molar-refractivity contribution is 9.10. The Morgan fingerprint density at radius 3 is 2.64 bits per heavy atom. The van der Waals surface area contributed by atoms with Gasteiger partial charge in [0.05, 0.1) is 4.92 Å². The number of benzene rings is 2. The predicted molar refractivity (Wildman–Crippen MR) is 90.7 cm³/mol. The Morgan fingerprint density at radius 1 is 1.23 bits per heavy atom. The van der Waals surface area contributed by atoms with E-state index in [-0.39, 0.29) is 10.6 Å². The van der Waals surface area contributed by atoms with Crippen LogP contribution < -0.4 is 10.6 Å². The van der Waals surface area contributed by atoms with Gasteiger partial charge >= 0.3 is 0 Å². The molecule has 1 saturated heterocycles. The third kappa shape index (κ3) is 3.28. The average molecular weight is 362 g/mol. The van der Waals surface area contributed by atoms with Gasteiger partial charge in [-0.25, -0.2) is 0 Å². The first-order chi connectivity index (χ1) is 10.6. The summed E-state index contributed by atoms with van der Waals surface area (Å²) in [7, 11) is 0. The van der Waals surface area contributed by atoms with Crippen LogP contribution in [0, 0.1) is 10.1 Å². The first kappa shape index (κ1) is 15.0. The van der Waals surface area contributed by atoms with E-state index in [0.29, 0.717) is 11.6 Å². The quantitative estimate of drug-likeness (QED) is 0.633. The number of nitro groups is 1. The summed E-state index contributed by atoms with van der Waals surface area (Å²) in [6, 6.07) is 13.0. The number of hydrogen-bond acceptors (Lipinski definition) is 4. The van der Waals surface area contributed by atoms with E-state index in [4.69, 9.17) is 0 Å². The molecule has 2 aromatic rings. The van der Waals surface area contributed by atoms with Gasteiger partial charge in [-0.2, -0.15) is 0 Å². The van der Waals surface area contributed by atoms with Crippen molar-refractivity contribution in [3.8, 4) is 0 Å². The number of nitrogens with zero attached hydrogens (tertiary/aromatic N) is 1. The van der Waals surface area contributed by atoms with E-state index < -0.39 is 0 Å². The fraction of sp³-hybridized carbons (Fsp3) is 0.250. The average Bonchev–Trinajstić information content (AvgIpc) is 3.02. The lowest BCUT2D eigenvalue weighted by Gasteiger charge is -2.11. The van der Waals surface area contributed by atoms with E-state index in [1.165, 1.54) is 11.6 Å². The summed E-state index contributed by atoms with van der Waals surface area (Å²) >= 11 is 3.35. The van der Waals surface area contributed by atoms with Gasteiger partial charge in [0.2, 0.25) is 0 Å². The molecule has 22 heavy (non-hydrogen) atoms. The number of anilines is 2. The van der Waals surface area contributed by atoms with Crippen molar-refractivity contribution in [3.63, 3.8) is 0 Å². The Balaban J connectivity index is 1.81. The molecule has 1 atom stereocenters. The molecular weight excluding hydrogens is 346 g/mol. The van der Waals surface area contributed by atoms with Gasteiger partial charge in [-0.3, -0.25) is 10.1 Å². The van der Waals surface area contributed by atoms with E-state index in [2.05, 4.69) is 38.7 Å². The van der Waals surface area contributed by atoms with Crippen LogP contribution in [0.5, 0.6) is 0 Å². The number of hydrogen-bond donors (Lipinski definition) is 2. The van der Waals surface area contributed by atoms with E-state index in [1.54, 1.807) is 12.1 Å². The van der Waals surface area contributed by atoms with Crippen LogP contribution in [0.1, 0.15) is 17.9 Å². The minimum Gasteiger partial charge on any atom is -0.350 e. The maximum absolute atomic E-state index is 11.1. The summed E-state index contributed by atoms with van der Waals surface area (Å²) in [6.07, 6.45) is 1.16. The topological polar surface area (TPSA) is 67.2 Å². The highest BCUT2D eigenvalue weighted by Crippen LogP contribution is 2.31. The molecule has 0 spiro atoms. The molecule has 0 bridgehead atoms. The zero-order valence-electron chi connectivity index (χ0n) is 11.9. The highest BCUT2D eigenvalue weighted by atomic mass is 79.9. The molecule has 3 rings (SSSR count). The molecule has 0 radical (unpaired) electrons. The largest absolute Gasteiger partial charge is 0.350 e. The summed E-state index contributed by atoms with van der Waals surface area (Å²) in [5.74, 6) is 0.564. The van der Waals surface area contributed by atoms with Crippen LogP contribution in [-0.2, 0) is 0 Å². The normalized spacial score (nSPS) is 17.4. The van der Waals surface area contributed by atoms with Crippen LogP contribution in [0.3, 0.4) is 0 Å². The molecule has 6 heteroatoms. The Morgan fingerprint density at radius 2 is 2.00 bits per heavy atom. The van der Waals surface area contributed by atoms with Gasteiger partial charge in [-0.05, 0) is 48.7 Å². The molecule has 1 aliphatic rings. The Kier molecular flexibility index (Phi) is 4.40. The van der Waals surface area contributed by atoms with Crippen molar-refractivity contribution in [2.75, 3.05) is 18.4 Å². The maximum Gasteiger partial charge on any atom is 0.292 e. The van der Waals surface area contributed by atoms with Gasteiger partial charge < -0.3 is 10.6 Å². The third-order valence-corrected chi connectivity index (χ3v) is 4.37. The fourth-order valence-corrected chi connectivity index (χ4v) is 3.06. The summed E-state index contributed by atoms with van der Waals surface area (Å²) in [4.78, 5) is 10.7. The molecule has 1 unspecified atom stereocenters. The molecule has 1 aliphatic heterocycles. The second-order valence-corrected chi connectivity index (χ2v) is 6.27. The summed E-state index contributed by atoms with van der Waals surface area (Å²) in [5, 5.41) is 17.6. The SMILES string of the molecule is O=[N+]([O-])c1ccc(Br)cc1Nc1ccc(C2CCNC2)cc1. The maximum atomic E-state index is 11.1. The first-order valence-electron chi connectivity index (χ1n) is 7.15. The lowest BCUT2D eigenvalue weighted by molar-refractivity contribution is -0.383. The second-order valence-electron chi connectivity index (χ2n) is 5.36. The number of nitrogens with one attached hydrogen (secondary N) is 2. The van der Waals surface area contributed by atoms with Gasteiger partial charge in [0.25, 0.3) is 5.69 Å². The van der Waals surface area contributed by atoms with Gasteiger partial charge in [0, 0.05) is 22.8 Å². The minimum absolute atomic E-state index is 0.0623. The molecular formula is C16H16BrN3O2. The van der Waals surface area contributed by atoms with Crippen LogP contribution in [0.2, 0.25) is 0 Å². The molecule has 1 fully saturated rings. The van der Waals surface area contributed by atoms with E-state index in [1.807, 2.05) is 12.1 Å². The summed E-state index contributed by atoms with van der Waals surface area (Å²) < 4.78 is 0.800. The molecule has 5 nitrogen and oxygen atoms in total. The van der Waals surface area contributed by atoms with Gasteiger partial charge in [0.1, 0.15) is 5.69 Å². The molecule has 1 heterocycles. The third-order valence-electron chi connectivity index (χ3n) is 3.88. The van der Waals surface area contributed by atoms with Crippen molar-refractivity contribution in [1.82, 2.24) is 5.32 Å². The molecule has 0 aliphatic carbocycles. The van der Waals surface area contributed by atoms with Crippen LogP contribution in [0.15, 0.2) is 46.9 Å². The Bertz CT molecular complexity index is 682. The lowest BCUT2D eigenvalue weighted by atomic mass is 9.98. The Hall–Kier alpha value is -1.92. The number of nitro benzene ring substituents is 1. The van der Waals surface area contributed by atoms with E-state index in [9.17, 15) is 10.1 Å². The lowest BCUT2D eigenvalue weighted by Crippen LogP contribution is -2.07. The summed E-state index contributed by atoms with van der Waals surface area (Å²) in [5.41, 5.74) is 2.69. The van der Waals surface area contributed by atoms with Crippen LogP contribution in [-0.4, -0.2) is 18.0 Å². The van der Waals surface area contributed by atoms with E-state index >= 15 is 0 Å². The fourth-order valence-electron chi connectivity index (χ4n) is 2.70. The van der Waals surface area contributed by atoms with Gasteiger partial charge in [-0.15, -0.1) is 0 Å². The number of rotatable bonds is 4. The molecule has 0 saturated carbocycles. The van der Waals surface area contributed by atoms with Crippen LogP contribution >= 0.6 is 15.9 Å². The molecule has 2 aromatic carbocycles. The van der Waals surface area contributed by atoms with Crippen LogP contribution in [0.4, 0.5) is 17.1 Å². The van der Waals surface area contributed by atoms with Crippen molar-refractivity contribution in [3.05, 3.63) is 62.6 Å². The van der Waals surface area contributed by atoms with Crippen LogP contribution in [0.25, 0.3) is 0 Å². The first-order valence-corrected chi connectivity index (χ1v) is 7.94. The van der Waals surface area contributed by atoms with Gasteiger partial charge in [-0.1, -0.05) is 28.1 Å². The van der Waals surface area contributed by atoms with Crippen molar-refractivity contribution < 1.29 is 4.92 Å². The van der Waals surface area contributed by atoms with Gasteiger partial charge in [0.15, 0.2) is 0 Å². The zero-order valence-corrected chi connectivity index (χ0v) is 13.5. The molecule has 0 amide bonds. The molecule has 114 valence electrons. The Labute approximate surface area is 137 Å². The standard InChI is InChI=1S/C16H16BrN3O2/c17-13-3-6-16(20(21)22)15(9-13)19-14-4-1-11(2-5-14)12-7-8-18-10-12/h1-6,9,12,18-19H,7-8,10H2. The minimum atomic E-state index is -0.382. The molecule has 0 aromatic heterocycles. The van der Waals surface area contributed by atoms with Crippen molar-refractivity contribution in [2.24, 2.45) is 0 Å². The number of halogens is 1. The molecule has 2 N–H and O–H groups in total. The smallest absolute Gasteiger partial charge is 0.292 e. The summed E-state index contributed by atoms with van der Waals surface area (Å²) in [6.45, 7) is 2.08.